The Balaban J connectivity index is 2.00. The van der Waals surface area contributed by atoms with Crippen LogP contribution in [0.4, 0.5) is 8.78 Å². The number of aliphatic imine (C=N–C) groups is 1. The van der Waals surface area contributed by atoms with E-state index in [0.717, 1.165) is 38.0 Å². The molecule has 1 fully saturated rings. The summed E-state index contributed by atoms with van der Waals surface area (Å²) in [4.78, 5) is 17.8. The molecule has 1 aliphatic rings. The monoisotopic (exact) mass is 352 g/mol. The predicted octanol–water partition coefficient (Wildman–Crippen LogP) is 2.06. The lowest BCUT2D eigenvalue weighted by molar-refractivity contribution is -0.119. The van der Waals surface area contributed by atoms with Crippen molar-refractivity contribution in [2.24, 2.45) is 16.6 Å². The van der Waals surface area contributed by atoms with Crippen LogP contribution in [-0.2, 0) is 11.2 Å². The molecule has 1 saturated heterocycles. The number of amides is 1. The molecule has 0 spiro atoms. The first-order chi connectivity index (χ1) is 12.0. The number of halogens is 2. The van der Waals surface area contributed by atoms with Gasteiger partial charge in [0.05, 0.1) is 0 Å². The second-order valence-corrected chi connectivity index (χ2v) is 6.32. The Morgan fingerprint density at radius 1 is 1.44 bits per heavy atom. The average Bonchev–Trinajstić information content (AvgIpc) is 2.57. The summed E-state index contributed by atoms with van der Waals surface area (Å²) in [5.74, 6) is -0.944. The summed E-state index contributed by atoms with van der Waals surface area (Å²) in [5.41, 5.74) is 5.63. The van der Waals surface area contributed by atoms with Crippen LogP contribution in [-0.4, -0.2) is 42.9 Å². The maximum Gasteiger partial charge on any atom is 0.217 e. The molecule has 3 N–H and O–H groups in total. The van der Waals surface area contributed by atoms with E-state index in [4.69, 9.17) is 5.73 Å². The molecular weight excluding hydrogens is 326 g/mol. The maximum absolute atomic E-state index is 13.7. The first kappa shape index (κ1) is 19.1. The normalized spacial score (nSPS) is 18.3. The number of primary amides is 1. The van der Waals surface area contributed by atoms with Crippen molar-refractivity contribution in [2.45, 2.75) is 32.6 Å². The van der Waals surface area contributed by atoms with Gasteiger partial charge in [0.1, 0.15) is 0 Å². The second kappa shape index (κ2) is 9.34. The summed E-state index contributed by atoms with van der Waals surface area (Å²) in [7, 11) is 0. The first-order valence-electron chi connectivity index (χ1n) is 8.75. The molecule has 25 heavy (non-hydrogen) atoms. The molecule has 1 aromatic rings. The smallest absolute Gasteiger partial charge is 0.217 e. The van der Waals surface area contributed by atoms with Gasteiger partial charge in [0.15, 0.2) is 17.6 Å². The number of guanidine groups is 1. The number of carbonyl (C=O) groups is 1. The molecular formula is C18H26F2N4O. The Kier molecular flexibility index (Phi) is 7.16. The van der Waals surface area contributed by atoms with Crippen molar-refractivity contribution in [3.8, 4) is 0 Å². The van der Waals surface area contributed by atoms with Gasteiger partial charge in [0.25, 0.3) is 0 Å². The fourth-order valence-corrected chi connectivity index (χ4v) is 3.16. The van der Waals surface area contributed by atoms with E-state index in [2.05, 4.69) is 15.2 Å². The molecule has 7 heteroatoms. The molecule has 1 atom stereocenters. The number of likely N-dealkylation sites (tertiary alicyclic amines) is 1. The molecule has 0 aliphatic carbocycles. The van der Waals surface area contributed by atoms with Crippen LogP contribution in [0.3, 0.4) is 0 Å². The summed E-state index contributed by atoms with van der Waals surface area (Å²) in [6.07, 6.45) is 2.66. The molecule has 138 valence electrons. The molecule has 1 aromatic carbocycles. The van der Waals surface area contributed by atoms with E-state index in [1.54, 1.807) is 6.07 Å². The minimum Gasteiger partial charge on any atom is -0.370 e. The van der Waals surface area contributed by atoms with Crippen LogP contribution in [0.15, 0.2) is 23.2 Å². The molecule has 5 nitrogen and oxygen atoms in total. The summed E-state index contributed by atoms with van der Waals surface area (Å²) in [6, 6.07) is 4.19. The zero-order valence-electron chi connectivity index (χ0n) is 14.6. The highest BCUT2D eigenvalue weighted by atomic mass is 19.2. The van der Waals surface area contributed by atoms with Crippen molar-refractivity contribution in [2.75, 3.05) is 26.2 Å². The van der Waals surface area contributed by atoms with Gasteiger partial charge in [0, 0.05) is 32.6 Å². The van der Waals surface area contributed by atoms with Gasteiger partial charge in [-0.2, -0.15) is 0 Å². The third kappa shape index (κ3) is 5.69. The van der Waals surface area contributed by atoms with Crippen molar-refractivity contribution in [1.29, 1.82) is 0 Å². The Bertz CT molecular complexity index is 621. The molecule has 2 rings (SSSR count). The van der Waals surface area contributed by atoms with Crippen molar-refractivity contribution >= 4 is 11.9 Å². The number of hydrogen-bond acceptors (Lipinski definition) is 2. The summed E-state index contributed by atoms with van der Waals surface area (Å²) < 4.78 is 27.0. The quantitative estimate of drug-likeness (QED) is 0.608. The Hall–Kier alpha value is -2.18. The lowest BCUT2D eigenvalue weighted by Crippen LogP contribution is -2.47. The fourth-order valence-electron chi connectivity index (χ4n) is 3.16. The van der Waals surface area contributed by atoms with Gasteiger partial charge in [-0.1, -0.05) is 12.1 Å². The van der Waals surface area contributed by atoms with Gasteiger partial charge in [-0.05, 0) is 43.7 Å². The van der Waals surface area contributed by atoms with Gasteiger partial charge < -0.3 is 16.0 Å². The highest BCUT2D eigenvalue weighted by molar-refractivity contribution is 5.80. The molecule has 1 aliphatic heterocycles. The van der Waals surface area contributed by atoms with Crippen LogP contribution < -0.4 is 11.1 Å². The number of nitrogens with one attached hydrogen (secondary N) is 1. The number of piperidine rings is 1. The predicted molar refractivity (Wildman–Crippen MR) is 94.1 cm³/mol. The van der Waals surface area contributed by atoms with Gasteiger partial charge in [-0.3, -0.25) is 9.79 Å². The first-order valence-corrected chi connectivity index (χ1v) is 8.75. The van der Waals surface area contributed by atoms with E-state index in [-0.39, 0.29) is 11.8 Å². The Morgan fingerprint density at radius 2 is 2.24 bits per heavy atom. The van der Waals surface area contributed by atoms with E-state index in [1.165, 1.54) is 6.07 Å². The second-order valence-electron chi connectivity index (χ2n) is 6.32. The summed E-state index contributed by atoms with van der Waals surface area (Å²) in [5, 5.41) is 3.23. The van der Waals surface area contributed by atoms with Crippen molar-refractivity contribution in [3.05, 3.63) is 35.4 Å². The summed E-state index contributed by atoms with van der Waals surface area (Å²) >= 11 is 0. The lowest BCUT2D eigenvalue weighted by Gasteiger charge is -2.34. The maximum atomic E-state index is 13.7. The van der Waals surface area contributed by atoms with Crippen LogP contribution in [0.25, 0.3) is 0 Å². The molecule has 1 heterocycles. The van der Waals surface area contributed by atoms with E-state index in [0.29, 0.717) is 31.5 Å². The number of benzene rings is 1. The third-order valence-electron chi connectivity index (χ3n) is 4.32. The highest BCUT2D eigenvalue weighted by Crippen LogP contribution is 2.19. The van der Waals surface area contributed by atoms with Crippen LogP contribution in [0.1, 0.15) is 31.7 Å². The Morgan fingerprint density at radius 3 is 2.96 bits per heavy atom. The zero-order chi connectivity index (χ0) is 18.2. The zero-order valence-corrected chi connectivity index (χ0v) is 14.6. The highest BCUT2D eigenvalue weighted by Gasteiger charge is 2.23. The van der Waals surface area contributed by atoms with E-state index in [9.17, 15) is 13.6 Å². The number of rotatable bonds is 6. The van der Waals surface area contributed by atoms with Crippen molar-refractivity contribution < 1.29 is 13.6 Å². The third-order valence-corrected chi connectivity index (χ3v) is 4.32. The SMILES string of the molecule is CCNC(=NCCc1cccc(F)c1F)N1CCCC(CC(N)=O)C1. The molecule has 1 amide bonds. The van der Waals surface area contributed by atoms with Gasteiger partial charge >= 0.3 is 0 Å². The largest absolute Gasteiger partial charge is 0.370 e. The number of carbonyl (C=O) groups excluding carboxylic acids is 1. The van der Waals surface area contributed by atoms with E-state index < -0.39 is 11.6 Å². The van der Waals surface area contributed by atoms with E-state index >= 15 is 0 Å². The Labute approximate surface area is 147 Å². The van der Waals surface area contributed by atoms with Crippen LogP contribution in [0.5, 0.6) is 0 Å². The van der Waals surface area contributed by atoms with Crippen LogP contribution in [0.2, 0.25) is 0 Å². The van der Waals surface area contributed by atoms with Gasteiger partial charge in [-0.25, -0.2) is 8.78 Å². The number of nitrogens with zero attached hydrogens (tertiary/aromatic N) is 2. The standard InChI is InChI=1S/C18H26F2N4O/c1-2-22-18(24-10-4-5-13(12-24)11-16(21)25)23-9-8-14-6-3-7-15(19)17(14)20/h3,6-7,13H,2,4-5,8-12H2,1H3,(H2,21,25)(H,22,23). The van der Waals surface area contributed by atoms with Gasteiger partial charge in [-0.15, -0.1) is 0 Å². The molecule has 0 aromatic heterocycles. The molecule has 1 unspecified atom stereocenters. The average molecular weight is 352 g/mol. The van der Waals surface area contributed by atoms with Crippen LogP contribution >= 0.6 is 0 Å². The minimum atomic E-state index is -0.835. The molecule has 0 saturated carbocycles. The fraction of sp³-hybridized carbons (Fsp3) is 0.556. The molecule has 0 bridgehead atoms. The minimum absolute atomic E-state index is 0.232. The van der Waals surface area contributed by atoms with Crippen molar-refractivity contribution in [1.82, 2.24) is 10.2 Å². The van der Waals surface area contributed by atoms with Gasteiger partial charge in [0.2, 0.25) is 5.91 Å². The van der Waals surface area contributed by atoms with E-state index in [1.807, 2.05) is 6.92 Å². The van der Waals surface area contributed by atoms with Crippen LogP contribution in [0, 0.1) is 17.6 Å². The summed E-state index contributed by atoms with van der Waals surface area (Å²) in [6.45, 7) is 4.63. The topological polar surface area (TPSA) is 70.7 Å². The lowest BCUT2D eigenvalue weighted by atomic mass is 9.95. The number of hydrogen-bond donors (Lipinski definition) is 2. The number of nitrogens with two attached hydrogens (primary N) is 1. The molecule has 0 radical (unpaired) electrons. The van der Waals surface area contributed by atoms with Crippen molar-refractivity contribution in [3.63, 3.8) is 0 Å².